The molecule has 0 N–H and O–H groups in total. The predicted molar refractivity (Wildman–Crippen MR) is 127 cm³/mol. The summed E-state index contributed by atoms with van der Waals surface area (Å²) in [5.74, 6) is 1.74. The molecule has 1 saturated carbocycles. The third-order valence-electron chi connectivity index (χ3n) is 6.35. The van der Waals surface area contributed by atoms with Gasteiger partial charge in [-0.25, -0.2) is 9.13 Å². The SMILES string of the molecule is CC(C)c1cccc(C(C)C)c1-n1cc[n+](C[C@H](SC2CCCCC2)C(C)C)c1. The van der Waals surface area contributed by atoms with Gasteiger partial charge in [-0.15, -0.1) is 0 Å². The van der Waals surface area contributed by atoms with E-state index in [0.29, 0.717) is 23.0 Å². The average molecular weight is 414 g/mol. The number of rotatable bonds is 8. The molecule has 29 heavy (non-hydrogen) atoms. The normalized spacial score (nSPS) is 16.9. The summed E-state index contributed by atoms with van der Waals surface area (Å²) in [6.07, 6.45) is 14.0. The maximum absolute atomic E-state index is 2.42. The number of para-hydroxylation sites is 1. The van der Waals surface area contributed by atoms with Crippen LogP contribution in [0.2, 0.25) is 0 Å². The van der Waals surface area contributed by atoms with Gasteiger partial charge in [-0.1, -0.05) is 79.0 Å². The first-order valence-electron chi connectivity index (χ1n) is 11.7. The van der Waals surface area contributed by atoms with E-state index in [1.165, 1.54) is 48.9 Å². The summed E-state index contributed by atoms with van der Waals surface area (Å²) in [6.45, 7) is 15.1. The van der Waals surface area contributed by atoms with Crippen LogP contribution >= 0.6 is 11.8 Å². The Labute approximate surface area is 183 Å². The molecule has 3 rings (SSSR count). The first kappa shape index (κ1) is 22.5. The third-order valence-corrected chi connectivity index (χ3v) is 8.25. The number of nitrogens with zero attached hydrogens (tertiary/aromatic N) is 2. The molecule has 0 aliphatic heterocycles. The summed E-state index contributed by atoms with van der Waals surface area (Å²) in [7, 11) is 0. The lowest BCUT2D eigenvalue weighted by Crippen LogP contribution is -2.39. The highest BCUT2D eigenvalue weighted by molar-refractivity contribution is 8.00. The molecule has 2 aromatic rings. The van der Waals surface area contributed by atoms with Crippen molar-refractivity contribution in [1.29, 1.82) is 0 Å². The Hall–Kier alpha value is -1.22. The van der Waals surface area contributed by atoms with Crippen LogP contribution in [0.5, 0.6) is 0 Å². The fraction of sp³-hybridized carbons (Fsp3) is 0.654. The van der Waals surface area contributed by atoms with E-state index in [0.717, 1.165) is 11.8 Å². The monoisotopic (exact) mass is 413 g/mol. The lowest BCUT2D eigenvalue weighted by atomic mass is 9.92. The molecule has 1 fully saturated rings. The standard InChI is InChI=1S/C26H41N2S/c1-19(2)23-13-10-14-24(20(3)4)26(23)28-16-15-27(18-28)17-25(21(5)6)29-22-11-8-7-9-12-22/h10,13-16,18-22,25H,7-9,11-12,17H2,1-6H3/q+1/t25-/m0/s1. The zero-order valence-corrected chi connectivity index (χ0v) is 20.2. The first-order valence-corrected chi connectivity index (χ1v) is 12.7. The summed E-state index contributed by atoms with van der Waals surface area (Å²) in [4.78, 5) is 0. The second kappa shape index (κ2) is 10.2. The van der Waals surface area contributed by atoms with Crippen LogP contribution in [-0.4, -0.2) is 15.1 Å². The van der Waals surface area contributed by atoms with Crippen molar-refractivity contribution in [2.45, 2.75) is 103 Å². The molecule has 1 aliphatic rings. The van der Waals surface area contributed by atoms with Crippen LogP contribution in [0.3, 0.4) is 0 Å². The molecule has 0 radical (unpaired) electrons. The average Bonchev–Trinajstić information content (AvgIpc) is 3.15. The van der Waals surface area contributed by atoms with E-state index < -0.39 is 0 Å². The van der Waals surface area contributed by atoms with E-state index in [2.05, 4.69) is 99.4 Å². The van der Waals surface area contributed by atoms with Crippen molar-refractivity contribution in [3.8, 4) is 5.69 Å². The molecule has 2 nitrogen and oxygen atoms in total. The highest BCUT2D eigenvalue weighted by Crippen LogP contribution is 2.34. The van der Waals surface area contributed by atoms with E-state index in [-0.39, 0.29) is 0 Å². The van der Waals surface area contributed by atoms with Gasteiger partial charge in [-0.2, -0.15) is 11.8 Å². The molecule has 0 amide bonds. The van der Waals surface area contributed by atoms with Gasteiger partial charge in [0.05, 0.1) is 0 Å². The highest BCUT2D eigenvalue weighted by Gasteiger charge is 2.25. The number of imidazole rings is 1. The maximum Gasteiger partial charge on any atom is 0.249 e. The fourth-order valence-corrected chi connectivity index (χ4v) is 6.18. The van der Waals surface area contributed by atoms with E-state index in [4.69, 9.17) is 0 Å². The smallest absolute Gasteiger partial charge is 0.235 e. The van der Waals surface area contributed by atoms with Crippen LogP contribution in [0.15, 0.2) is 36.9 Å². The summed E-state index contributed by atoms with van der Waals surface area (Å²) in [5.41, 5.74) is 4.27. The van der Waals surface area contributed by atoms with Crippen LogP contribution in [0.25, 0.3) is 5.69 Å². The van der Waals surface area contributed by atoms with Gasteiger partial charge in [0.1, 0.15) is 24.6 Å². The number of hydrogen-bond acceptors (Lipinski definition) is 1. The molecule has 3 heteroatoms. The summed E-state index contributed by atoms with van der Waals surface area (Å²) < 4.78 is 4.79. The zero-order valence-electron chi connectivity index (χ0n) is 19.4. The van der Waals surface area contributed by atoms with Crippen molar-refractivity contribution in [2.75, 3.05) is 0 Å². The molecule has 0 saturated heterocycles. The van der Waals surface area contributed by atoms with E-state index in [1.807, 2.05) is 0 Å². The van der Waals surface area contributed by atoms with Gasteiger partial charge < -0.3 is 0 Å². The molecule has 0 spiro atoms. The molecule has 1 atom stereocenters. The molecule has 1 aromatic carbocycles. The Bertz CT molecular complexity index is 743. The molecule has 1 heterocycles. The Kier molecular flexibility index (Phi) is 7.90. The minimum Gasteiger partial charge on any atom is -0.235 e. The van der Waals surface area contributed by atoms with E-state index >= 15 is 0 Å². The molecule has 0 bridgehead atoms. The summed E-state index contributed by atoms with van der Waals surface area (Å²) >= 11 is 2.26. The van der Waals surface area contributed by atoms with Crippen LogP contribution in [0, 0.1) is 5.92 Å². The number of benzene rings is 1. The summed E-state index contributed by atoms with van der Waals surface area (Å²) in [5, 5.41) is 1.55. The zero-order chi connectivity index (χ0) is 21.0. The number of hydrogen-bond donors (Lipinski definition) is 0. The van der Waals surface area contributed by atoms with Crippen molar-refractivity contribution < 1.29 is 4.57 Å². The molecule has 1 aliphatic carbocycles. The van der Waals surface area contributed by atoms with Crippen LogP contribution in [0.1, 0.15) is 96.6 Å². The minimum atomic E-state index is 0.518. The molecule has 160 valence electrons. The Morgan fingerprint density at radius 2 is 1.59 bits per heavy atom. The Morgan fingerprint density at radius 1 is 0.966 bits per heavy atom. The van der Waals surface area contributed by atoms with Crippen molar-refractivity contribution in [3.05, 3.63) is 48.0 Å². The quantitative estimate of drug-likeness (QED) is 0.419. The topological polar surface area (TPSA) is 8.81 Å². The van der Waals surface area contributed by atoms with E-state index in [9.17, 15) is 0 Å². The minimum absolute atomic E-state index is 0.518. The maximum atomic E-state index is 2.42. The largest absolute Gasteiger partial charge is 0.249 e. The lowest BCUT2D eigenvalue weighted by Gasteiger charge is -2.27. The second-order valence-corrected chi connectivity index (χ2v) is 11.3. The molecule has 0 unspecified atom stereocenters. The second-order valence-electron chi connectivity index (χ2n) is 9.79. The van der Waals surface area contributed by atoms with Gasteiger partial charge >= 0.3 is 0 Å². The van der Waals surface area contributed by atoms with Crippen LogP contribution < -0.4 is 4.57 Å². The van der Waals surface area contributed by atoms with Crippen LogP contribution in [-0.2, 0) is 6.54 Å². The van der Waals surface area contributed by atoms with Crippen LogP contribution in [0.4, 0.5) is 0 Å². The fourth-order valence-electron chi connectivity index (χ4n) is 4.51. The lowest BCUT2D eigenvalue weighted by molar-refractivity contribution is -0.696. The first-order chi connectivity index (χ1) is 13.9. The van der Waals surface area contributed by atoms with E-state index in [1.54, 1.807) is 0 Å². The Balaban J connectivity index is 1.83. The van der Waals surface area contributed by atoms with Gasteiger partial charge in [-0.3, -0.25) is 0 Å². The molecular weight excluding hydrogens is 372 g/mol. The van der Waals surface area contributed by atoms with Gasteiger partial charge in [0.25, 0.3) is 0 Å². The van der Waals surface area contributed by atoms with Crippen molar-refractivity contribution in [2.24, 2.45) is 5.92 Å². The summed E-state index contributed by atoms with van der Waals surface area (Å²) in [6, 6.07) is 6.82. The van der Waals surface area contributed by atoms with Gasteiger partial charge in [0.15, 0.2) is 0 Å². The van der Waals surface area contributed by atoms with Gasteiger partial charge in [-0.05, 0) is 30.6 Å². The van der Waals surface area contributed by atoms with Gasteiger partial charge in [0, 0.05) is 21.6 Å². The third kappa shape index (κ3) is 5.69. The highest BCUT2D eigenvalue weighted by atomic mass is 32.2. The van der Waals surface area contributed by atoms with Crippen molar-refractivity contribution >= 4 is 11.8 Å². The predicted octanol–water partition coefficient (Wildman–Crippen LogP) is 7.10. The number of aromatic nitrogens is 2. The molecule has 1 aromatic heterocycles. The number of thioether (sulfide) groups is 1. The Morgan fingerprint density at radius 3 is 2.14 bits per heavy atom. The van der Waals surface area contributed by atoms with Crippen molar-refractivity contribution in [3.63, 3.8) is 0 Å². The van der Waals surface area contributed by atoms with Crippen molar-refractivity contribution in [1.82, 2.24) is 4.57 Å². The molecular formula is C26H41N2S+. The van der Waals surface area contributed by atoms with Gasteiger partial charge in [0.2, 0.25) is 6.33 Å².